The van der Waals surface area contributed by atoms with Gasteiger partial charge in [-0.3, -0.25) is 0 Å². The first kappa shape index (κ1) is 15.5. The Morgan fingerprint density at radius 1 is 1.00 bits per heavy atom. The fraction of sp³-hybridized carbons (Fsp3) is 0.389. The molecular weight excluding hydrogens is 286 g/mol. The molecule has 0 aliphatic rings. The highest BCUT2D eigenvalue weighted by atomic mass is 15.4. The van der Waals surface area contributed by atoms with Gasteiger partial charge < -0.3 is 5.32 Å². The maximum atomic E-state index is 4.65. The van der Waals surface area contributed by atoms with E-state index in [1.807, 2.05) is 16.6 Å². The molecule has 0 spiro atoms. The molecule has 0 aliphatic carbocycles. The van der Waals surface area contributed by atoms with Gasteiger partial charge in [-0.05, 0) is 29.7 Å². The van der Waals surface area contributed by atoms with Crippen molar-refractivity contribution in [3.63, 3.8) is 0 Å². The second-order valence-corrected chi connectivity index (χ2v) is 6.74. The Kier molecular flexibility index (Phi) is 4.03. The van der Waals surface area contributed by atoms with Crippen LogP contribution >= 0.6 is 0 Å². The summed E-state index contributed by atoms with van der Waals surface area (Å²) in [6, 6.07) is 12.4. The zero-order chi connectivity index (χ0) is 16.4. The van der Waals surface area contributed by atoms with Crippen molar-refractivity contribution in [1.29, 1.82) is 0 Å². The van der Waals surface area contributed by atoms with E-state index < -0.39 is 0 Å². The molecule has 0 atom stereocenters. The molecule has 1 aromatic carbocycles. The van der Waals surface area contributed by atoms with Gasteiger partial charge in [0.2, 0.25) is 0 Å². The average molecular weight is 309 g/mol. The van der Waals surface area contributed by atoms with Gasteiger partial charge >= 0.3 is 0 Å². The Hall–Kier alpha value is -2.43. The first-order chi connectivity index (χ1) is 11.0. The molecule has 0 aliphatic heterocycles. The molecule has 2 aromatic heterocycles. The van der Waals surface area contributed by atoms with Gasteiger partial charge in [0.1, 0.15) is 5.82 Å². The number of nitrogens with zero attached hydrogens (tertiary/aromatic N) is 4. The molecule has 23 heavy (non-hydrogen) atoms. The number of hydrogen-bond donors (Lipinski definition) is 1. The van der Waals surface area contributed by atoms with Crippen LogP contribution in [0.4, 0.5) is 5.82 Å². The summed E-state index contributed by atoms with van der Waals surface area (Å²) in [4.78, 5) is 0. The summed E-state index contributed by atoms with van der Waals surface area (Å²) in [7, 11) is 0. The third-order valence-electron chi connectivity index (χ3n) is 3.89. The minimum Gasteiger partial charge on any atom is -0.365 e. The molecule has 1 N–H and O–H groups in total. The number of fused-ring (bicyclic) bond motifs is 1. The van der Waals surface area contributed by atoms with Crippen LogP contribution in [0.15, 0.2) is 36.4 Å². The summed E-state index contributed by atoms with van der Waals surface area (Å²) >= 11 is 0. The largest absolute Gasteiger partial charge is 0.365 e. The molecule has 0 saturated carbocycles. The Morgan fingerprint density at radius 2 is 1.74 bits per heavy atom. The standard InChI is InChI=1S/C18H23N5/c1-5-13-8-6-7-9-14(13)12-19-15-10-11-16-20-21-17(18(2,3)4)23(16)22-15/h6-11H,5,12H2,1-4H3,(H,19,22). The molecule has 0 fully saturated rings. The van der Waals surface area contributed by atoms with E-state index in [1.165, 1.54) is 11.1 Å². The van der Waals surface area contributed by atoms with Crippen LogP contribution in [0.2, 0.25) is 0 Å². The SMILES string of the molecule is CCc1ccccc1CNc1ccc2nnc(C(C)(C)C)n2n1. The van der Waals surface area contributed by atoms with Crippen molar-refractivity contribution >= 4 is 11.5 Å². The van der Waals surface area contributed by atoms with Crippen molar-refractivity contribution in [3.05, 3.63) is 53.3 Å². The van der Waals surface area contributed by atoms with E-state index >= 15 is 0 Å². The van der Waals surface area contributed by atoms with Gasteiger partial charge in [-0.25, -0.2) is 0 Å². The fourth-order valence-electron chi connectivity index (χ4n) is 2.61. The maximum Gasteiger partial charge on any atom is 0.178 e. The fourth-order valence-corrected chi connectivity index (χ4v) is 2.61. The lowest BCUT2D eigenvalue weighted by molar-refractivity contribution is 0.527. The van der Waals surface area contributed by atoms with Gasteiger partial charge in [-0.1, -0.05) is 52.0 Å². The van der Waals surface area contributed by atoms with Gasteiger partial charge in [-0.2, -0.15) is 4.52 Å². The van der Waals surface area contributed by atoms with E-state index in [4.69, 9.17) is 0 Å². The lowest BCUT2D eigenvalue weighted by Gasteiger charge is -2.15. The summed E-state index contributed by atoms with van der Waals surface area (Å²) in [6.45, 7) is 9.28. The van der Waals surface area contributed by atoms with Gasteiger partial charge in [-0.15, -0.1) is 15.3 Å². The second-order valence-electron chi connectivity index (χ2n) is 6.74. The van der Waals surface area contributed by atoms with E-state index in [9.17, 15) is 0 Å². The van der Waals surface area contributed by atoms with Crippen molar-refractivity contribution in [2.75, 3.05) is 5.32 Å². The summed E-state index contributed by atoms with van der Waals surface area (Å²) in [5, 5.41) is 16.5. The monoisotopic (exact) mass is 309 g/mol. The van der Waals surface area contributed by atoms with Gasteiger partial charge in [0.25, 0.3) is 0 Å². The quantitative estimate of drug-likeness (QED) is 0.800. The van der Waals surface area contributed by atoms with E-state index in [-0.39, 0.29) is 5.41 Å². The van der Waals surface area contributed by atoms with Crippen molar-refractivity contribution < 1.29 is 0 Å². The Labute approximate surface area is 136 Å². The van der Waals surface area contributed by atoms with Gasteiger partial charge in [0, 0.05) is 12.0 Å². The van der Waals surface area contributed by atoms with E-state index in [1.54, 1.807) is 0 Å². The van der Waals surface area contributed by atoms with Crippen LogP contribution in [-0.4, -0.2) is 19.8 Å². The van der Waals surface area contributed by atoms with Crippen LogP contribution in [0.25, 0.3) is 5.65 Å². The normalized spacial score (nSPS) is 11.8. The Morgan fingerprint density at radius 3 is 2.43 bits per heavy atom. The highest BCUT2D eigenvalue weighted by Crippen LogP contribution is 2.21. The van der Waals surface area contributed by atoms with Crippen LogP contribution in [-0.2, 0) is 18.4 Å². The molecule has 120 valence electrons. The molecule has 0 radical (unpaired) electrons. The van der Waals surface area contributed by atoms with Crippen molar-refractivity contribution in [2.24, 2.45) is 0 Å². The molecular formula is C18H23N5. The summed E-state index contributed by atoms with van der Waals surface area (Å²) in [5.74, 6) is 1.69. The first-order valence-corrected chi connectivity index (χ1v) is 8.02. The van der Waals surface area contributed by atoms with E-state index in [0.717, 1.165) is 30.3 Å². The maximum absolute atomic E-state index is 4.65. The number of anilines is 1. The highest BCUT2D eigenvalue weighted by molar-refractivity contribution is 5.45. The summed E-state index contributed by atoms with van der Waals surface area (Å²) in [5.41, 5.74) is 3.34. The third kappa shape index (κ3) is 3.18. The minimum atomic E-state index is -0.0974. The molecule has 0 unspecified atom stereocenters. The van der Waals surface area contributed by atoms with Gasteiger partial charge in [0.15, 0.2) is 11.5 Å². The molecule has 0 bridgehead atoms. The number of aromatic nitrogens is 4. The van der Waals surface area contributed by atoms with Crippen molar-refractivity contribution in [3.8, 4) is 0 Å². The molecule has 0 saturated heterocycles. The molecule has 0 amide bonds. The lowest BCUT2D eigenvalue weighted by Crippen LogP contribution is -2.17. The van der Waals surface area contributed by atoms with Crippen LogP contribution in [0.5, 0.6) is 0 Å². The number of hydrogen-bond acceptors (Lipinski definition) is 4. The lowest BCUT2D eigenvalue weighted by atomic mass is 9.96. The van der Waals surface area contributed by atoms with Crippen LogP contribution in [0.1, 0.15) is 44.6 Å². The second kappa shape index (κ2) is 5.99. The third-order valence-corrected chi connectivity index (χ3v) is 3.89. The predicted molar refractivity (Wildman–Crippen MR) is 92.6 cm³/mol. The number of aryl methyl sites for hydroxylation is 1. The molecule has 2 heterocycles. The van der Waals surface area contributed by atoms with Crippen LogP contribution in [0.3, 0.4) is 0 Å². The van der Waals surface area contributed by atoms with Crippen LogP contribution < -0.4 is 5.32 Å². The zero-order valence-corrected chi connectivity index (χ0v) is 14.2. The zero-order valence-electron chi connectivity index (χ0n) is 14.2. The van der Waals surface area contributed by atoms with Crippen LogP contribution in [0, 0.1) is 0 Å². The molecule has 5 nitrogen and oxygen atoms in total. The summed E-state index contributed by atoms with van der Waals surface area (Å²) in [6.07, 6.45) is 1.03. The average Bonchev–Trinajstić information content (AvgIpc) is 2.96. The highest BCUT2D eigenvalue weighted by Gasteiger charge is 2.21. The van der Waals surface area contributed by atoms with Gasteiger partial charge in [0.05, 0.1) is 0 Å². The Bertz CT molecular complexity index is 814. The number of benzene rings is 1. The number of nitrogens with one attached hydrogen (secondary N) is 1. The molecule has 3 aromatic rings. The molecule has 5 heteroatoms. The molecule has 3 rings (SSSR count). The van der Waals surface area contributed by atoms with Crippen molar-refractivity contribution in [1.82, 2.24) is 19.8 Å². The first-order valence-electron chi connectivity index (χ1n) is 8.02. The van der Waals surface area contributed by atoms with E-state index in [0.29, 0.717) is 0 Å². The predicted octanol–water partition coefficient (Wildman–Crippen LogP) is 3.60. The van der Waals surface area contributed by atoms with Crippen molar-refractivity contribution in [2.45, 2.75) is 46.1 Å². The topological polar surface area (TPSA) is 55.1 Å². The smallest absolute Gasteiger partial charge is 0.178 e. The Balaban J connectivity index is 1.86. The number of rotatable bonds is 4. The summed E-state index contributed by atoms with van der Waals surface area (Å²) < 4.78 is 1.83. The minimum absolute atomic E-state index is 0.0974. The van der Waals surface area contributed by atoms with E-state index in [2.05, 4.69) is 72.6 Å².